The van der Waals surface area contributed by atoms with Crippen LogP contribution in [-0.2, 0) is 0 Å². The number of anilines is 1. The van der Waals surface area contributed by atoms with E-state index in [0.717, 1.165) is 17.2 Å². The van der Waals surface area contributed by atoms with Gasteiger partial charge in [0.2, 0.25) is 0 Å². The zero-order valence-corrected chi connectivity index (χ0v) is 14.7. The van der Waals surface area contributed by atoms with E-state index in [2.05, 4.69) is 4.90 Å². The molecule has 0 spiro atoms. The van der Waals surface area contributed by atoms with Crippen molar-refractivity contribution in [1.29, 1.82) is 0 Å². The van der Waals surface area contributed by atoms with Crippen LogP contribution in [0.25, 0.3) is 0 Å². The molecule has 0 atom stereocenters. The Hall–Kier alpha value is -3.22. The number of rotatable bonds is 3. The number of fused-ring (bicyclic) bond motifs is 1. The second-order valence-electron chi connectivity index (χ2n) is 6.48. The van der Waals surface area contributed by atoms with Crippen LogP contribution in [0, 0.1) is 0 Å². The third-order valence-corrected chi connectivity index (χ3v) is 4.80. The lowest BCUT2D eigenvalue weighted by Crippen LogP contribution is -2.48. The second-order valence-corrected chi connectivity index (χ2v) is 6.48. The van der Waals surface area contributed by atoms with E-state index in [-0.39, 0.29) is 11.5 Å². The van der Waals surface area contributed by atoms with Crippen molar-refractivity contribution < 1.29 is 24.2 Å². The molecule has 140 valence electrons. The summed E-state index contributed by atoms with van der Waals surface area (Å²) in [5.74, 6) is 0.0518. The molecule has 7 heteroatoms. The van der Waals surface area contributed by atoms with Crippen LogP contribution in [0.1, 0.15) is 20.7 Å². The van der Waals surface area contributed by atoms with Crippen LogP contribution >= 0.6 is 0 Å². The molecule has 2 aliphatic rings. The Bertz CT molecular complexity index is 874. The molecule has 7 nitrogen and oxygen atoms in total. The van der Waals surface area contributed by atoms with Crippen molar-refractivity contribution in [3.05, 3.63) is 53.6 Å². The summed E-state index contributed by atoms with van der Waals surface area (Å²) in [6.45, 7) is 3.60. The van der Waals surface area contributed by atoms with Crippen LogP contribution in [0.3, 0.4) is 0 Å². The van der Waals surface area contributed by atoms with E-state index < -0.39 is 5.97 Å². The van der Waals surface area contributed by atoms with Crippen molar-refractivity contribution in [1.82, 2.24) is 4.90 Å². The zero-order valence-electron chi connectivity index (χ0n) is 14.7. The average molecular weight is 367 g/mol. The van der Waals surface area contributed by atoms with E-state index in [4.69, 9.17) is 9.47 Å². The maximum absolute atomic E-state index is 12.7. The molecule has 2 aliphatic heterocycles. The van der Waals surface area contributed by atoms with Gasteiger partial charge in [-0.15, -0.1) is 0 Å². The molecular weight excluding hydrogens is 348 g/mol. The van der Waals surface area contributed by atoms with E-state index in [1.807, 2.05) is 18.2 Å². The first-order valence-electron chi connectivity index (χ1n) is 8.87. The maximum Gasteiger partial charge on any atom is 0.253 e. The molecule has 0 aromatic heterocycles. The summed E-state index contributed by atoms with van der Waals surface area (Å²) >= 11 is 0. The predicted octanol–water partition coefficient (Wildman–Crippen LogP) is 0.784. The van der Waals surface area contributed by atoms with Gasteiger partial charge in [-0.25, -0.2) is 0 Å². The van der Waals surface area contributed by atoms with Crippen molar-refractivity contribution >= 4 is 17.6 Å². The van der Waals surface area contributed by atoms with Crippen molar-refractivity contribution in [2.45, 2.75) is 0 Å². The fourth-order valence-electron chi connectivity index (χ4n) is 3.36. The molecule has 2 aromatic rings. The number of carbonyl (C=O) groups is 2. The Morgan fingerprint density at radius 2 is 1.56 bits per heavy atom. The minimum Gasteiger partial charge on any atom is -0.545 e. The van der Waals surface area contributed by atoms with Crippen molar-refractivity contribution in [2.24, 2.45) is 0 Å². The summed E-state index contributed by atoms with van der Waals surface area (Å²) in [7, 11) is 0. The molecule has 0 radical (unpaired) electrons. The van der Waals surface area contributed by atoms with Crippen molar-refractivity contribution in [3.8, 4) is 11.5 Å². The fourth-order valence-corrected chi connectivity index (χ4v) is 3.36. The van der Waals surface area contributed by atoms with Gasteiger partial charge < -0.3 is 29.2 Å². The molecule has 0 N–H and O–H groups in total. The lowest BCUT2D eigenvalue weighted by atomic mass is 10.1. The van der Waals surface area contributed by atoms with Crippen LogP contribution in [-0.4, -0.2) is 56.2 Å². The van der Waals surface area contributed by atoms with Gasteiger partial charge in [-0.3, -0.25) is 4.79 Å². The minimum absolute atomic E-state index is 0.00997. The first-order chi connectivity index (χ1) is 13.1. The van der Waals surface area contributed by atoms with Gasteiger partial charge in [0.05, 0.1) is 5.97 Å². The van der Waals surface area contributed by atoms with Gasteiger partial charge in [-0.1, -0.05) is 12.1 Å². The highest BCUT2D eigenvalue weighted by molar-refractivity contribution is 5.97. The Balaban J connectivity index is 1.42. The van der Waals surface area contributed by atoms with Crippen LogP contribution in [0.5, 0.6) is 11.5 Å². The molecule has 27 heavy (non-hydrogen) atoms. The second kappa shape index (κ2) is 7.19. The summed E-state index contributed by atoms with van der Waals surface area (Å²) in [4.78, 5) is 27.6. The first kappa shape index (κ1) is 17.2. The number of amides is 1. The molecule has 1 amide bonds. The SMILES string of the molecule is O=C([O-])c1cccc(C(=O)N2CCN(c3ccc4c(c3)OCCO4)CC2)c1. The molecule has 0 unspecified atom stereocenters. The summed E-state index contributed by atoms with van der Waals surface area (Å²) in [6.07, 6.45) is 0. The van der Waals surface area contributed by atoms with Crippen LogP contribution in [0.4, 0.5) is 5.69 Å². The van der Waals surface area contributed by atoms with E-state index in [1.54, 1.807) is 17.0 Å². The Labute approximate surface area is 156 Å². The van der Waals surface area contributed by atoms with Gasteiger partial charge in [0.1, 0.15) is 13.2 Å². The van der Waals surface area contributed by atoms with E-state index in [9.17, 15) is 14.7 Å². The first-order valence-corrected chi connectivity index (χ1v) is 8.87. The number of ether oxygens (including phenoxy) is 2. The molecule has 1 saturated heterocycles. The number of carboxylic acids is 1. The van der Waals surface area contributed by atoms with E-state index in [1.165, 1.54) is 12.1 Å². The van der Waals surface area contributed by atoms with Gasteiger partial charge in [-0.2, -0.15) is 0 Å². The maximum atomic E-state index is 12.7. The summed E-state index contributed by atoms with van der Waals surface area (Å²) in [5, 5.41) is 11.0. The third-order valence-electron chi connectivity index (χ3n) is 4.80. The highest BCUT2D eigenvalue weighted by Gasteiger charge is 2.23. The van der Waals surface area contributed by atoms with Gasteiger partial charge >= 0.3 is 0 Å². The number of carboxylic acid groups (broad SMARTS) is 1. The Kier molecular flexibility index (Phi) is 4.58. The lowest BCUT2D eigenvalue weighted by molar-refractivity contribution is -0.255. The van der Waals surface area contributed by atoms with Crippen molar-refractivity contribution in [2.75, 3.05) is 44.3 Å². The average Bonchev–Trinajstić information content (AvgIpc) is 2.73. The van der Waals surface area contributed by atoms with Crippen LogP contribution in [0.15, 0.2) is 42.5 Å². The molecular formula is C20H19N2O5-. The minimum atomic E-state index is -1.28. The highest BCUT2D eigenvalue weighted by Crippen LogP contribution is 2.34. The molecule has 2 aromatic carbocycles. The molecule has 0 aliphatic carbocycles. The smallest absolute Gasteiger partial charge is 0.253 e. The summed E-state index contributed by atoms with van der Waals surface area (Å²) in [5.41, 5.74) is 1.41. The number of hydrogen-bond acceptors (Lipinski definition) is 6. The van der Waals surface area contributed by atoms with Gasteiger partial charge in [0, 0.05) is 43.5 Å². The Morgan fingerprint density at radius 1 is 0.852 bits per heavy atom. The van der Waals surface area contributed by atoms with Gasteiger partial charge in [0.15, 0.2) is 11.5 Å². The summed E-state index contributed by atoms with van der Waals surface area (Å²) in [6, 6.07) is 11.8. The van der Waals surface area contributed by atoms with Gasteiger partial charge in [-0.05, 0) is 29.8 Å². The number of benzene rings is 2. The molecule has 2 heterocycles. The monoisotopic (exact) mass is 367 g/mol. The highest BCUT2D eigenvalue weighted by atomic mass is 16.6. The quantitative estimate of drug-likeness (QED) is 0.798. The standard InChI is InChI=1S/C20H20N2O5/c23-19(14-2-1-3-15(12-14)20(24)25)22-8-6-21(7-9-22)16-4-5-17-18(13-16)27-11-10-26-17/h1-5,12-13H,6-11H2,(H,24,25)/p-1. The molecule has 4 rings (SSSR count). The molecule has 1 fully saturated rings. The zero-order chi connectivity index (χ0) is 18.8. The summed E-state index contributed by atoms with van der Waals surface area (Å²) < 4.78 is 11.2. The number of nitrogens with zero attached hydrogens (tertiary/aromatic N) is 2. The predicted molar refractivity (Wildman–Crippen MR) is 96.3 cm³/mol. The topological polar surface area (TPSA) is 82.1 Å². The van der Waals surface area contributed by atoms with E-state index in [0.29, 0.717) is 45.0 Å². The number of aromatic carboxylic acids is 1. The number of piperazine rings is 1. The van der Waals surface area contributed by atoms with E-state index >= 15 is 0 Å². The van der Waals surface area contributed by atoms with Crippen LogP contribution < -0.4 is 19.5 Å². The normalized spacial score (nSPS) is 16.1. The molecule has 0 saturated carbocycles. The van der Waals surface area contributed by atoms with Crippen LogP contribution in [0.2, 0.25) is 0 Å². The number of hydrogen-bond donors (Lipinski definition) is 0. The largest absolute Gasteiger partial charge is 0.545 e. The fraction of sp³-hybridized carbons (Fsp3) is 0.300. The van der Waals surface area contributed by atoms with Crippen molar-refractivity contribution in [3.63, 3.8) is 0 Å². The molecule has 0 bridgehead atoms. The van der Waals surface area contributed by atoms with Gasteiger partial charge in [0.25, 0.3) is 5.91 Å². The third kappa shape index (κ3) is 3.53. The lowest BCUT2D eigenvalue weighted by Gasteiger charge is -2.36. The number of carbonyl (C=O) groups excluding carboxylic acids is 2. The Morgan fingerprint density at radius 3 is 2.30 bits per heavy atom.